The van der Waals surface area contributed by atoms with Crippen molar-refractivity contribution in [2.75, 3.05) is 0 Å². The van der Waals surface area contributed by atoms with E-state index in [4.69, 9.17) is 5.11 Å². The molecule has 5 nitrogen and oxygen atoms in total. The Labute approximate surface area is 87.3 Å². The minimum atomic E-state index is -4.60. The average Bonchev–Trinajstić information content (AvgIpc) is 2.26. The van der Waals surface area contributed by atoms with Crippen molar-refractivity contribution in [3.63, 3.8) is 0 Å². The Bertz CT molecular complexity index is 440. The first-order chi connectivity index (χ1) is 7.41. The quantitative estimate of drug-likeness (QED) is 0.772. The second-order valence-corrected chi connectivity index (χ2v) is 2.61. The van der Waals surface area contributed by atoms with Crippen LogP contribution >= 0.6 is 0 Å². The topological polar surface area (TPSA) is 78.9 Å². The van der Waals surface area contributed by atoms with Gasteiger partial charge < -0.3 is 5.11 Å². The standard InChI is InChI=1S/C8H6F3N3O2/c9-8(10,11)5-2-1-3-13-14-6(7(15)16)12-4-5/h1-4,13H,(H,15,16). The van der Waals surface area contributed by atoms with Gasteiger partial charge in [-0.3, -0.25) is 5.10 Å². The van der Waals surface area contributed by atoms with Gasteiger partial charge in [-0.15, -0.1) is 5.10 Å². The number of hydrogen-bond donors (Lipinski definition) is 2. The molecule has 1 aromatic heterocycles. The molecule has 1 heterocycles. The van der Waals surface area contributed by atoms with Gasteiger partial charge in [0.2, 0.25) is 0 Å². The molecule has 0 aliphatic rings. The zero-order valence-electron chi connectivity index (χ0n) is 7.69. The molecular weight excluding hydrogens is 227 g/mol. The van der Waals surface area contributed by atoms with Gasteiger partial charge in [-0.25, -0.2) is 9.78 Å². The molecule has 0 amide bonds. The lowest BCUT2D eigenvalue weighted by atomic mass is 10.3. The van der Waals surface area contributed by atoms with Crippen LogP contribution in [0.2, 0.25) is 0 Å². The van der Waals surface area contributed by atoms with Crippen LogP contribution in [0.25, 0.3) is 0 Å². The number of nitrogens with one attached hydrogen (secondary N) is 1. The van der Waals surface area contributed by atoms with Crippen molar-refractivity contribution in [1.29, 1.82) is 0 Å². The minimum Gasteiger partial charge on any atom is -0.475 e. The van der Waals surface area contributed by atoms with Gasteiger partial charge in [0, 0.05) is 12.4 Å². The molecule has 0 atom stereocenters. The van der Waals surface area contributed by atoms with Gasteiger partial charge in [0.25, 0.3) is 5.82 Å². The summed E-state index contributed by atoms with van der Waals surface area (Å²) in [5.74, 6) is -2.29. The molecule has 0 unspecified atom stereocenters. The molecule has 0 aliphatic heterocycles. The summed E-state index contributed by atoms with van der Waals surface area (Å²) in [6.45, 7) is 0. The molecule has 0 fully saturated rings. The third kappa shape index (κ3) is 3.23. The van der Waals surface area contributed by atoms with Crippen molar-refractivity contribution < 1.29 is 23.1 Å². The highest BCUT2D eigenvalue weighted by Crippen LogP contribution is 2.27. The van der Waals surface area contributed by atoms with E-state index < -0.39 is 23.5 Å². The number of carboxylic acid groups (broad SMARTS) is 1. The molecule has 1 aromatic rings. The first-order valence-electron chi connectivity index (χ1n) is 3.96. The number of halogens is 3. The van der Waals surface area contributed by atoms with E-state index in [1.54, 1.807) is 0 Å². The van der Waals surface area contributed by atoms with E-state index in [2.05, 4.69) is 15.2 Å². The van der Waals surface area contributed by atoms with Crippen LogP contribution in [0.1, 0.15) is 16.2 Å². The zero-order valence-corrected chi connectivity index (χ0v) is 7.69. The van der Waals surface area contributed by atoms with Crippen LogP contribution < -0.4 is 0 Å². The SMILES string of the molecule is O=C(O)c1ncc(C(F)(F)F)ccc[nH]n1. The van der Waals surface area contributed by atoms with Crippen LogP contribution in [0.4, 0.5) is 13.2 Å². The Kier molecular flexibility index (Phi) is 3.44. The smallest absolute Gasteiger partial charge is 0.417 e. The number of carboxylic acids is 1. The molecule has 8 heteroatoms. The van der Waals surface area contributed by atoms with Gasteiger partial charge in [0.15, 0.2) is 0 Å². The van der Waals surface area contributed by atoms with Crippen LogP contribution in [-0.4, -0.2) is 26.3 Å². The van der Waals surface area contributed by atoms with Gasteiger partial charge in [-0.05, 0) is 12.1 Å². The predicted octanol–water partition coefficient (Wildman–Crippen LogP) is 1.65. The third-order valence-electron chi connectivity index (χ3n) is 1.46. The molecule has 1 rings (SSSR count). The number of rotatable bonds is 1. The van der Waals surface area contributed by atoms with Gasteiger partial charge in [-0.1, -0.05) is 0 Å². The van der Waals surface area contributed by atoms with Crippen LogP contribution in [0, 0.1) is 0 Å². The summed E-state index contributed by atoms with van der Waals surface area (Å²) in [5, 5.41) is 13.9. The summed E-state index contributed by atoms with van der Waals surface area (Å²) in [6.07, 6.45) is -3.13. The second-order valence-electron chi connectivity index (χ2n) is 2.61. The molecule has 16 heavy (non-hydrogen) atoms. The Morgan fingerprint density at radius 3 is 2.69 bits per heavy atom. The maximum absolute atomic E-state index is 12.3. The highest BCUT2D eigenvalue weighted by Gasteiger charge is 2.30. The summed E-state index contributed by atoms with van der Waals surface area (Å²) in [5.41, 5.74) is -1.07. The maximum Gasteiger partial charge on any atom is 0.417 e. The van der Waals surface area contributed by atoms with E-state index in [1.165, 1.54) is 0 Å². The molecule has 0 aliphatic carbocycles. The number of H-pyrrole nitrogens is 1. The van der Waals surface area contributed by atoms with E-state index in [0.717, 1.165) is 18.3 Å². The molecule has 0 spiro atoms. The summed E-state index contributed by atoms with van der Waals surface area (Å²) >= 11 is 0. The number of aromatic carboxylic acids is 1. The first kappa shape index (κ1) is 12.0. The third-order valence-corrected chi connectivity index (χ3v) is 1.46. The molecule has 0 radical (unpaired) electrons. The average molecular weight is 233 g/mol. The fourth-order valence-electron chi connectivity index (χ4n) is 0.767. The Balaban J connectivity index is 3.37. The monoisotopic (exact) mass is 233 g/mol. The summed E-state index contributed by atoms with van der Waals surface area (Å²) < 4.78 is 36.9. The van der Waals surface area contributed by atoms with Crippen molar-refractivity contribution in [3.05, 3.63) is 35.9 Å². The molecule has 0 bridgehead atoms. The second kappa shape index (κ2) is 4.60. The summed E-state index contributed by atoms with van der Waals surface area (Å²) in [4.78, 5) is 13.6. The van der Waals surface area contributed by atoms with Gasteiger partial charge in [0.1, 0.15) is 0 Å². The largest absolute Gasteiger partial charge is 0.475 e. The van der Waals surface area contributed by atoms with Crippen LogP contribution in [0.15, 0.2) is 24.5 Å². The highest BCUT2D eigenvalue weighted by molar-refractivity contribution is 5.82. The number of aromatic amines is 1. The molecule has 86 valence electrons. The maximum atomic E-state index is 12.3. The lowest BCUT2D eigenvalue weighted by Crippen LogP contribution is -2.05. The van der Waals surface area contributed by atoms with Gasteiger partial charge >= 0.3 is 12.1 Å². The minimum absolute atomic E-state index is 0.407. The fourth-order valence-corrected chi connectivity index (χ4v) is 0.767. The van der Waals surface area contributed by atoms with Crippen LogP contribution in [-0.2, 0) is 6.18 Å². The van der Waals surface area contributed by atoms with E-state index in [1.807, 2.05) is 0 Å². The van der Waals surface area contributed by atoms with Crippen molar-refractivity contribution >= 4 is 5.97 Å². The Hall–Kier alpha value is -2.12. The number of aromatic nitrogens is 3. The van der Waals surface area contributed by atoms with Crippen molar-refractivity contribution in [3.8, 4) is 0 Å². The van der Waals surface area contributed by atoms with E-state index in [0.29, 0.717) is 6.20 Å². The zero-order chi connectivity index (χ0) is 12.2. The number of nitrogens with zero attached hydrogens (tertiary/aromatic N) is 2. The fraction of sp³-hybridized carbons (Fsp3) is 0.125. The molecule has 2 N–H and O–H groups in total. The van der Waals surface area contributed by atoms with E-state index >= 15 is 0 Å². The summed E-state index contributed by atoms with van der Waals surface area (Å²) in [7, 11) is 0. The number of hydrogen-bond acceptors (Lipinski definition) is 3. The van der Waals surface area contributed by atoms with Gasteiger partial charge in [-0.2, -0.15) is 13.2 Å². The van der Waals surface area contributed by atoms with Crippen LogP contribution in [0.3, 0.4) is 0 Å². The van der Waals surface area contributed by atoms with E-state index in [-0.39, 0.29) is 0 Å². The molecule has 0 saturated heterocycles. The van der Waals surface area contributed by atoms with Crippen molar-refractivity contribution in [1.82, 2.24) is 15.2 Å². The Morgan fingerprint density at radius 1 is 1.44 bits per heavy atom. The summed E-state index contributed by atoms with van der Waals surface area (Å²) in [6, 6.07) is 1.79. The predicted molar refractivity (Wildman–Crippen MR) is 46.0 cm³/mol. The van der Waals surface area contributed by atoms with Crippen molar-refractivity contribution in [2.24, 2.45) is 0 Å². The lowest BCUT2D eigenvalue weighted by Gasteiger charge is -2.02. The van der Waals surface area contributed by atoms with Crippen LogP contribution in [0.5, 0.6) is 0 Å². The van der Waals surface area contributed by atoms with E-state index in [9.17, 15) is 18.0 Å². The molecular formula is C8H6F3N3O2. The first-order valence-corrected chi connectivity index (χ1v) is 3.96. The number of alkyl halides is 3. The normalized spacial score (nSPS) is 10.7. The highest BCUT2D eigenvalue weighted by atomic mass is 19.4. The Morgan fingerprint density at radius 2 is 2.12 bits per heavy atom. The van der Waals surface area contributed by atoms with Crippen molar-refractivity contribution in [2.45, 2.75) is 6.18 Å². The lowest BCUT2D eigenvalue weighted by molar-refractivity contribution is -0.137. The van der Waals surface area contributed by atoms with Gasteiger partial charge in [0.05, 0.1) is 5.56 Å². The number of carbonyl (C=O) groups is 1. The molecule has 0 saturated carbocycles. The molecule has 0 aromatic carbocycles.